The summed E-state index contributed by atoms with van der Waals surface area (Å²) in [6.07, 6.45) is 1.52. The third-order valence-electron chi connectivity index (χ3n) is 3.72. The molecule has 0 saturated carbocycles. The zero-order chi connectivity index (χ0) is 17.8. The second kappa shape index (κ2) is 7.11. The number of aliphatic hydroxyl groups is 1. The van der Waals surface area contributed by atoms with Gasteiger partial charge in [-0.2, -0.15) is 0 Å². The van der Waals surface area contributed by atoms with Gasteiger partial charge in [0.1, 0.15) is 11.9 Å². The second-order valence-corrected chi connectivity index (χ2v) is 6.68. The highest BCUT2D eigenvalue weighted by atomic mass is 16.5. The van der Waals surface area contributed by atoms with E-state index >= 15 is 0 Å². The van der Waals surface area contributed by atoms with Crippen LogP contribution in [0.3, 0.4) is 0 Å². The number of methoxy groups -OCH3 is 1. The lowest BCUT2D eigenvalue weighted by molar-refractivity contribution is 0.0503. The van der Waals surface area contributed by atoms with Crippen molar-refractivity contribution in [3.05, 3.63) is 48.0 Å². The van der Waals surface area contributed by atoms with Gasteiger partial charge in [-0.3, -0.25) is 4.79 Å². The van der Waals surface area contributed by atoms with Crippen LogP contribution >= 0.6 is 0 Å². The number of aromatic nitrogens is 3. The zero-order valence-corrected chi connectivity index (χ0v) is 14.5. The minimum absolute atomic E-state index is 0.0507. The lowest BCUT2D eigenvalue weighted by atomic mass is 9.91. The Morgan fingerprint density at radius 3 is 2.46 bits per heavy atom. The van der Waals surface area contributed by atoms with Crippen LogP contribution in [-0.2, 0) is 15.8 Å². The van der Waals surface area contributed by atoms with Gasteiger partial charge in [0.15, 0.2) is 0 Å². The number of nitrogens with zero attached hydrogens (tertiary/aromatic N) is 3. The Hall–Kier alpha value is -2.25. The van der Waals surface area contributed by atoms with Crippen LogP contribution in [0.15, 0.2) is 36.7 Å². The van der Waals surface area contributed by atoms with Gasteiger partial charge in [0.2, 0.25) is 5.82 Å². The van der Waals surface area contributed by atoms with Gasteiger partial charge in [-0.05, 0) is 26.3 Å². The lowest BCUT2D eigenvalue weighted by Crippen LogP contribution is -2.52. The number of benzene rings is 1. The average Bonchev–Trinajstić information content (AvgIpc) is 3.05. The highest BCUT2D eigenvalue weighted by Gasteiger charge is 2.35. The van der Waals surface area contributed by atoms with Crippen LogP contribution in [-0.4, -0.2) is 46.1 Å². The molecule has 0 radical (unpaired) electrons. The molecule has 2 N–H and O–H groups in total. The maximum atomic E-state index is 12.6. The Kier molecular flexibility index (Phi) is 5.36. The molecule has 1 heterocycles. The van der Waals surface area contributed by atoms with Crippen LogP contribution in [0.5, 0.6) is 0 Å². The molecule has 0 aliphatic carbocycles. The number of carbonyl (C=O) groups excluding carboxylic acids is 1. The molecule has 1 aromatic carbocycles. The Balaban J connectivity index is 2.29. The molecular weight excluding hydrogens is 308 g/mol. The first-order chi connectivity index (χ1) is 11.3. The summed E-state index contributed by atoms with van der Waals surface area (Å²) in [7, 11) is 1.52. The van der Waals surface area contributed by atoms with Gasteiger partial charge in [-0.25, -0.2) is 9.67 Å². The van der Waals surface area contributed by atoms with E-state index in [1.807, 2.05) is 51.1 Å². The van der Waals surface area contributed by atoms with Crippen molar-refractivity contribution in [1.29, 1.82) is 0 Å². The van der Waals surface area contributed by atoms with Crippen molar-refractivity contribution in [2.24, 2.45) is 0 Å². The first kappa shape index (κ1) is 18.1. The minimum atomic E-state index is -1.06. The van der Waals surface area contributed by atoms with E-state index in [4.69, 9.17) is 4.74 Å². The predicted molar refractivity (Wildman–Crippen MR) is 89.6 cm³/mol. The summed E-state index contributed by atoms with van der Waals surface area (Å²) in [4.78, 5) is 16.7. The quantitative estimate of drug-likeness (QED) is 0.832. The SMILES string of the molecule is COCC(CO)(NC(=O)c1ncn(C(C)(C)C)n1)c1ccccc1. The number of hydrogen-bond donors (Lipinski definition) is 2. The normalized spacial score (nSPS) is 14.2. The van der Waals surface area contributed by atoms with E-state index in [1.54, 1.807) is 4.68 Å². The Labute approximate surface area is 141 Å². The summed E-state index contributed by atoms with van der Waals surface area (Å²) < 4.78 is 6.85. The van der Waals surface area contributed by atoms with E-state index in [1.165, 1.54) is 13.4 Å². The van der Waals surface area contributed by atoms with E-state index in [9.17, 15) is 9.90 Å². The molecular formula is C17H24N4O3. The van der Waals surface area contributed by atoms with E-state index in [2.05, 4.69) is 15.4 Å². The Morgan fingerprint density at radius 1 is 1.29 bits per heavy atom. The van der Waals surface area contributed by atoms with Crippen LogP contribution in [0.4, 0.5) is 0 Å². The topological polar surface area (TPSA) is 89.3 Å². The molecule has 24 heavy (non-hydrogen) atoms. The second-order valence-electron chi connectivity index (χ2n) is 6.68. The standard InChI is InChI=1S/C17H24N4O3/c1-16(2,3)21-12-18-14(20-21)15(23)19-17(10-22,11-24-4)13-8-6-5-7-9-13/h5-9,12,22H,10-11H2,1-4H3,(H,19,23). The molecule has 2 rings (SSSR count). The molecule has 0 spiro atoms. The molecule has 0 aliphatic rings. The molecule has 7 nitrogen and oxygen atoms in total. The smallest absolute Gasteiger partial charge is 0.291 e. The summed E-state index contributed by atoms with van der Waals surface area (Å²) in [5.41, 5.74) is -0.579. The van der Waals surface area contributed by atoms with Gasteiger partial charge in [0.25, 0.3) is 5.91 Å². The van der Waals surface area contributed by atoms with Crippen LogP contribution in [0.25, 0.3) is 0 Å². The lowest BCUT2D eigenvalue weighted by Gasteiger charge is -2.32. The van der Waals surface area contributed by atoms with Gasteiger partial charge in [0, 0.05) is 7.11 Å². The van der Waals surface area contributed by atoms with Crippen molar-refractivity contribution in [2.75, 3.05) is 20.3 Å². The maximum absolute atomic E-state index is 12.6. The fourth-order valence-electron chi connectivity index (χ4n) is 2.34. The third-order valence-corrected chi connectivity index (χ3v) is 3.72. The van der Waals surface area contributed by atoms with Crippen molar-refractivity contribution < 1.29 is 14.6 Å². The summed E-state index contributed by atoms with van der Waals surface area (Å²) in [6, 6.07) is 9.21. The number of amides is 1. The highest BCUT2D eigenvalue weighted by molar-refractivity contribution is 5.91. The number of aliphatic hydroxyl groups excluding tert-OH is 1. The molecule has 0 fully saturated rings. The molecule has 0 saturated heterocycles. The number of hydrogen-bond acceptors (Lipinski definition) is 5. The van der Waals surface area contributed by atoms with Crippen LogP contribution in [0, 0.1) is 0 Å². The molecule has 0 aliphatic heterocycles. The van der Waals surface area contributed by atoms with Gasteiger partial charge in [-0.15, -0.1) is 5.10 Å². The van der Waals surface area contributed by atoms with Gasteiger partial charge in [0.05, 0.1) is 18.8 Å². The van der Waals surface area contributed by atoms with E-state index in [-0.39, 0.29) is 24.6 Å². The fraction of sp³-hybridized carbons (Fsp3) is 0.471. The first-order valence-corrected chi connectivity index (χ1v) is 7.72. The maximum Gasteiger partial charge on any atom is 0.291 e. The first-order valence-electron chi connectivity index (χ1n) is 7.72. The molecule has 130 valence electrons. The predicted octanol–water partition coefficient (Wildman–Crippen LogP) is 1.30. The number of nitrogens with one attached hydrogen (secondary N) is 1. The molecule has 2 aromatic rings. The van der Waals surface area contributed by atoms with Crippen molar-refractivity contribution in [3.63, 3.8) is 0 Å². The van der Waals surface area contributed by atoms with Crippen LogP contribution in [0.1, 0.15) is 37.0 Å². The van der Waals surface area contributed by atoms with Gasteiger partial charge >= 0.3 is 0 Å². The van der Waals surface area contributed by atoms with Gasteiger partial charge in [-0.1, -0.05) is 30.3 Å². The van der Waals surface area contributed by atoms with E-state index in [0.29, 0.717) is 0 Å². The molecule has 1 atom stereocenters. The minimum Gasteiger partial charge on any atom is -0.393 e. The molecule has 7 heteroatoms. The van der Waals surface area contributed by atoms with Crippen LogP contribution in [0.2, 0.25) is 0 Å². The monoisotopic (exact) mass is 332 g/mol. The zero-order valence-electron chi connectivity index (χ0n) is 14.5. The molecule has 1 amide bonds. The fourth-order valence-corrected chi connectivity index (χ4v) is 2.34. The Bertz CT molecular complexity index is 679. The summed E-state index contributed by atoms with van der Waals surface area (Å²) >= 11 is 0. The van der Waals surface area contributed by atoms with Crippen LogP contribution < -0.4 is 5.32 Å². The summed E-state index contributed by atoms with van der Waals surface area (Å²) in [5, 5.41) is 17.0. The van der Waals surface area contributed by atoms with Crippen molar-refractivity contribution >= 4 is 5.91 Å². The molecule has 1 unspecified atom stereocenters. The summed E-state index contributed by atoms with van der Waals surface area (Å²) in [6.45, 7) is 5.72. The molecule has 0 bridgehead atoms. The van der Waals surface area contributed by atoms with Crippen molar-refractivity contribution in [1.82, 2.24) is 20.1 Å². The average molecular weight is 332 g/mol. The highest BCUT2D eigenvalue weighted by Crippen LogP contribution is 2.22. The van der Waals surface area contributed by atoms with E-state index < -0.39 is 11.4 Å². The third kappa shape index (κ3) is 3.80. The number of rotatable bonds is 6. The van der Waals surface area contributed by atoms with Crippen molar-refractivity contribution in [2.45, 2.75) is 31.8 Å². The molecule has 1 aromatic heterocycles. The number of carbonyl (C=O) groups is 1. The Morgan fingerprint density at radius 2 is 1.96 bits per heavy atom. The van der Waals surface area contributed by atoms with E-state index in [0.717, 1.165) is 5.56 Å². The largest absolute Gasteiger partial charge is 0.393 e. The van der Waals surface area contributed by atoms with Crippen molar-refractivity contribution in [3.8, 4) is 0 Å². The summed E-state index contributed by atoms with van der Waals surface area (Å²) in [5.74, 6) is -0.414. The number of ether oxygens (including phenoxy) is 1. The van der Waals surface area contributed by atoms with Gasteiger partial charge < -0.3 is 15.2 Å².